The topological polar surface area (TPSA) is 41.6 Å². The summed E-state index contributed by atoms with van der Waals surface area (Å²) in [6, 6.07) is 15.0. The summed E-state index contributed by atoms with van der Waals surface area (Å²) in [6.45, 7) is 0.620. The van der Waals surface area contributed by atoms with Crippen LogP contribution in [0.5, 0.6) is 0 Å². The van der Waals surface area contributed by atoms with Crippen LogP contribution in [-0.2, 0) is 6.54 Å². The lowest BCUT2D eigenvalue weighted by Gasteiger charge is -2.09. The number of nitriles is 1. The average Bonchev–Trinajstić information content (AvgIpc) is 2.94. The van der Waals surface area contributed by atoms with E-state index in [9.17, 15) is 0 Å². The van der Waals surface area contributed by atoms with Crippen molar-refractivity contribution >= 4 is 23.2 Å². The summed E-state index contributed by atoms with van der Waals surface area (Å²) in [4.78, 5) is 4.39. The predicted octanol–water partition coefficient (Wildman–Crippen LogP) is 4.78. The Labute approximate surface area is 138 Å². The van der Waals surface area contributed by atoms with E-state index >= 15 is 0 Å². The van der Waals surface area contributed by atoms with Crippen molar-refractivity contribution in [3.8, 4) is 17.5 Å². The molecule has 0 amide bonds. The zero-order valence-electron chi connectivity index (χ0n) is 11.5. The van der Waals surface area contributed by atoms with Gasteiger partial charge in [-0.15, -0.1) is 0 Å². The van der Waals surface area contributed by atoms with Gasteiger partial charge in [0.05, 0.1) is 11.6 Å². The van der Waals surface area contributed by atoms with Crippen LogP contribution in [0.25, 0.3) is 11.4 Å². The Hall–Kier alpha value is -2.28. The smallest absolute Gasteiger partial charge is 0.140 e. The van der Waals surface area contributed by atoms with Crippen LogP contribution in [0.2, 0.25) is 10.0 Å². The Morgan fingerprint density at radius 2 is 1.86 bits per heavy atom. The molecule has 0 aliphatic rings. The van der Waals surface area contributed by atoms with E-state index in [1.807, 2.05) is 41.1 Å². The van der Waals surface area contributed by atoms with E-state index in [1.54, 1.807) is 18.3 Å². The van der Waals surface area contributed by atoms with Crippen molar-refractivity contribution in [3.63, 3.8) is 0 Å². The molecule has 0 spiro atoms. The van der Waals surface area contributed by atoms with Crippen molar-refractivity contribution in [2.45, 2.75) is 6.54 Å². The largest absolute Gasteiger partial charge is 0.327 e. The monoisotopic (exact) mass is 327 g/mol. The maximum Gasteiger partial charge on any atom is 0.140 e. The highest BCUT2D eigenvalue weighted by Crippen LogP contribution is 2.26. The maximum absolute atomic E-state index is 8.98. The van der Waals surface area contributed by atoms with Gasteiger partial charge in [0.2, 0.25) is 0 Å². The molecule has 0 aliphatic carbocycles. The van der Waals surface area contributed by atoms with Gasteiger partial charge in [-0.2, -0.15) is 5.26 Å². The summed E-state index contributed by atoms with van der Waals surface area (Å²) in [5, 5.41) is 10.1. The molecule has 0 radical (unpaired) electrons. The summed E-state index contributed by atoms with van der Waals surface area (Å²) in [6.07, 6.45) is 3.63. The minimum absolute atomic E-state index is 0.573. The molecule has 3 nitrogen and oxygen atoms in total. The molecule has 108 valence electrons. The van der Waals surface area contributed by atoms with Crippen LogP contribution < -0.4 is 0 Å². The zero-order chi connectivity index (χ0) is 15.5. The molecule has 22 heavy (non-hydrogen) atoms. The van der Waals surface area contributed by atoms with Crippen molar-refractivity contribution in [3.05, 3.63) is 76.0 Å². The summed E-state index contributed by atoms with van der Waals surface area (Å²) >= 11 is 12.1. The molecule has 2 aromatic carbocycles. The van der Waals surface area contributed by atoms with Gasteiger partial charge in [-0.1, -0.05) is 35.3 Å². The van der Waals surface area contributed by atoms with Gasteiger partial charge < -0.3 is 4.57 Å². The van der Waals surface area contributed by atoms with Gasteiger partial charge in [-0.25, -0.2) is 4.98 Å². The second-order valence-electron chi connectivity index (χ2n) is 4.85. The number of halogens is 2. The van der Waals surface area contributed by atoms with Crippen LogP contribution in [0.1, 0.15) is 11.1 Å². The van der Waals surface area contributed by atoms with Crippen LogP contribution >= 0.6 is 23.2 Å². The van der Waals surface area contributed by atoms with Crippen molar-refractivity contribution in [1.29, 1.82) is 5.26 Å². The summed E-state index contributed by atoms with van der Waals surface area (Å²) in [7, 11) is 0. The fourth-order valence-corrected chi connectivity index (χ4v) is 2.84. The van der Waals surface area contributed by atoms with E-state index in [2.05, 4.69) is 11.1 Å². The third kappa shape index (κ3) is 3.14. The fourth-order valence-electron chi connectivity index (χ4n) is 2.32. The van der Waals surface area contributed by atoms with Gasteiger partial charge in [0.25, 0.3) is 0 Å². The molecule has 0 saturated heterocycles. The van der Waals surface area contributed by atoms with E-state index in [0.717, 1.165) is 17.0 Å². The fraction of sp³-hybridized carbons (Fsp3) is 0.0588. The number of nitrogens with zero attached hydrogens (tertiary/aromatic N) is 3. The molecule has 5 heteroatoms. The molecule has 0 N–H and O–H groups in total. The number of hydrogen-bond acceptors (Lipinski definition) is 2. The van der Waals surface area contributed by atoms with E-state index in [-0.39, 0.29) is 0 Å². The highest BCUT2D eigenvalue weighted by atomic mass is 35.5. The lowest BCUT2D eigenvalue weighted by Crippen LogP contribution is -2.01. The Balaban J connectivity index is 1.97. The van der Waals surface area contributed by atoms with Crippen LogP contribution in [0.3, 0.4) is 0 Å². The SMILES string of the molecule is N#Cc1cccc(Cn2ccnc2-c2cc(Cl)cc(Cl)c2)c1. The molecular formula is C17H11Cl2N3. The van der Waals surface area contributed by atoms with Crippen molar-refractivity contribution in [2.24, 2.45) is 0 Å². The first-order chi connectivity index (χ1) is 10.7. The highest BCUT2D eigenvalue weighted by molar-refractivity contribution is 6.35. The van der Waals surface area contributed by atoms with Crippen molar-refractivity contribution < 1.29 is 0 Å². The second-order valence-corrected chi connectivity index (χ2v) is 5.72. The maximum atomic E-state index is 8.98. The number of imidazole rings is 1. The second kappa shape index (κ2) is 6.23. The van der Waals surface area contributed by atoms with Crippen molar-refractivity contribution in [2.75, 3.05) is 0 Å². The average molecular weight is 328 g/mol. The molecule has 0 unspecified atom stereocenters. The first-order valence-corrected chi connectivity index (χ1v) is 7.38. The van der Waals surface area contributed by atoms with Gasteiger partial charge >= 0.3 is 0 Å². The van der Waals surface area contributed by atoms with E-state index < -0.39 is 0 Å². The van der Waals surface area contributed by atoms with E-state index in [1.165, 1.54) is 0 Å². The molecular weight excluding hydrogens is 317 g/mol. The molecule has 0 atom stereocenters. The third-order valence-corrected chi connectivity index (χ3v) is 3.68. The Morgan fingerprint density at radius 3 is 2.59 bits per heavy atom. The number of rotatable bonds is 3. The summed E-state index contributed by atoms with van der Waals surface area (Å²) in [5.74, 6) is 0.784. The standard InChI is InChI=1S/C17H11Cl2N3/c18-15-7-14(8-16(19)9-15)17-21-4-5-22(17)11-13-3-1-2-12(6-13)10-20/h1-9H,11H2. The Morgan fingerprint density at radius 1 is 1.09 bits per heavy atom. The zero-order valence-corrected chi connectivity index (χ0v) is 13.0. The minimum atomic E-state index is 0.573. The molecule has 1 heterocycles. The molecule has 3 aromatic rings. The van der Waals surface area contributed by atoms with Crippen LogP contribution in [0, 0.1) is 11.3 Å². The quantitative estimate of drug-likeness (QED) is 0.694. The van der Waals surface area contributed by atoms with Gasteiger partial charge in [0.1, 0.15) is 5.82 Å². The normalized spacial score (nSPS) is 10.4. The Kier molecular flexibility index (Phi) is 4.15. The Bertz CT molecular complexity index is 842. The van der Waals surface area contributed by atoms with Crippen LogP contribution in [-0.4, -0.2) is 9.55 Å². The van der Waals surface area contributed by atoms with E-state index in [4.69, 9.17) is 28.5 Å². The van der Waals surface area contributed by atoms with Gasteiger partial charge in [0, 0.05) is 34.5 Å². The lowest BCUT2D eigenvalue weighted by atomic mass is 10.1. The van der Waals surface area contributed by atoms with Crippen molar-refractivity contribution in [1.82, 2.24) is 9.55 Å². The lowest BCUT2D eigenvalue weighted by molar-refractivity contribution is 0.807. The molecule has 1 aromatic heterocycles. The summed E-state index contributed by atoms with van der Waals surface area (Å²) < 4.78 is 2.00. The van der Waals surface area contributed by atoms with Crippen LogP contribution in [0.4, 0.5) is 0 Å². The molecule has 0 aliphatic heterocycles. The number of benzene rings is 2. The van der Waals surface area contributed by atoms with Gasteiger partial charge in [-0.3, -0.25) is 0 Å². The molecule has 3 rings (SSSR count). The van der Waals surface area contributed by atoms with E-state index in [0.29, 0.717) is 22.2 Å². The van der Waals surface area contributed by atoms with Gasteiger partial charge in [0.15, 0.2) is 0 Å². The number of aromatic nitrogens is 2. The van der Waals surface area contributed by atoms with Gasteiger partial charge in [-0.05, 0) is 35.9 Å². The van der Waals surface area contributed by atoms with Crippen LogP contribution in [0.15, 0.2) is 54.9 Å². The number of hydrogen-bond donors (Lipinski definition) is 0. The summed E-state index contributed by atoms with van der Waals surface area (Å²) in [5.41, 5.74) is 2.54. The first kappa shape index (κ1) is 14.6. The third-order valence-electron chi connectivity index (χ3n) is 3.25. The molecule has 0 saturated carbocycles. The minimum Gasteiger partial charge on any atom is -0.327 e. The highest BCUT2D eigenvalue weighted by Gasteiger charge is 2.09. The molecule has 0 bridgehead atoms. The molecule has 0 fully saturated rings. The predicted molar refractivity (Wildman–Crippen MR) is 87.9 cm³/mol. The first-order valence-electron chi connectivity index (χ1n) is 6.62.